The number of fused-ring (bicyclic) bond motifs is 1. The van der Waals surface area contributed by atoms with Crippen molar-refractivity contribution in [3.63, 3.8) is 0 Å². The van der Waals surface area contributed by atoms with Crippen LogP contribution in [0.2, 0.25) is 5.02 Å². The normalized spacial score (nSPS) is 12.7. The smallest absolute Gasteiger partial charge is 0.231 e. The van der Waals surface area contributed by atoms with Gasteiger partial charge in [0.05, 0.1) is 5.02 Å². The molecule has 0 saturated carbocycles. The first kappa shape index (κ1) is 13.4. The molecule has 0 aromatic heterocycles. The Morgan fingerprint density at radius 3 is 2.95 bits per heavy atom. The predicted octanol–water partition coefficient (Wildman–Crippen LogP) is 4.08. The molecule has 0 radical (unpaired) electrons. The summed E-state index contributed by atoms with van der Waals surface area (Å²) in [6.45, 7) is 0.183. The quantitative estimate of drug-likeness (QED) is 0.685. The van der Waals surface area contributed by atoms with Crippen LogP contribution >= 0.6 is 23.4 Å². The Labute approximate surface area is 124 Å². The first-order valence-electron chi connectivity index (χ1n) is 5.89. The van der Waals surface area contributed by atoms with Gasteiger partial charge in [-0.15, -0.1) is 11.8 Å². The van der Waals surface area contributed by atoms with Crippen LogP contribution in [0.15, 0.2) is 35.2 Å². The van der Waals surface area contributed by atoms with Gasteiger partial charge >= 0.3 is 0 Å². The zero-order valence-corrected chi connectivity index (χ0v) is 11.9. The molecule has 0 fully saturated rings. The number of hydrogen-bond donors (Lipinski definition) is 1. The Hall–Kier alpha value is -1.59. The van der Waals surface area contributed by atoms with E-state index in [4.69, 9.17) is 26.8 Å². The summed E-state index contributed by atoms with van der Waals surface area (Å²) < 4.78 is 23.8. The third-order valence-electron chi connectivity index (χ3n) is 2.86. The molecule has 1 heterocycles. The lowest BCUT2D eigenvalue weighted by Gasteiger charge is -2.07. The lowest BCUT2D eigenvalue weighted by molar-refractivity contribution is 0.174. The van der Waals surface area contributed by atoms with Crippen molar-refractivity contribution in [1.82, 2.24) is 0 Å². The topological polar surface area (TPSA) is 44.5 Å². The van der Waals surface area contributed by atoms with E-state index in [2.05, 4.69) is 0 Å². The molecule has 0 bridgehead atoms. The van der Waals surface area contributed by atoms with Gasteiger partial charge in [-0.05, 0) is 35.9 Å². The number of halogens is 2. The maximum absolute atomic E-state index is 13.2. The second-order valence-corrected chi connectivity index (χ2v) is 5.71. The van der Waals surface area contributed by atoms with E-state index in [1.807, 2.05) is 12.1 Å². The molecular weight excluding hydrogens is 301 g/mol. The fourth-order valence-corrected chi connectivity index (χ4v) is 3.11. The van der Waals surface area contributed by atoms with Crippen molar-refractivity contribution in [3.05, 3.63) is 46.7 Å². The van der Waals surface area contributed by atoms with Crippen molar-refractivity contribution in [1.29, 1.82) is 0 Å². The Morgan fingerprint density at radius 1 is 1.25 bits per heavy atom. The van der Waals surface area contributed by atoms with Crippen LogP contribution in [0.5, 0.6) is 11.5 Å². The second kappa shape index (κ2) is 5.42. The summed E-state index contributed by atoms with van der Waals surface area (Å²) in [5.74, 6) is 1.53. The molecule has 1 aliphatic heterocycles. The minimum atomic E-state index is -0.301. The summed E-state index contributed by atoms with van der Waals surface area (Å²) in [5.41, 5.74) is 7.34. The van der Waals surface area contributed by atoms with Gasteiger partial charge in [0.2, 0.25) is 6.79 Å². The Kier molecular flexibility index (Phi) is 3.63. The van der Waals surface area contributed by atoms with E-state index in [0.717, 1.165) is 5.56 Å². The standard InChI is InChI=1S/C14H11ClFNO2S/c15-10-3-8(4-12-14(10)19-7-18-12)6-20-13-5-9(16)1-2-11(13)17/h1-5H,6-7,17H2. The summed E-state index contributed by atoms with van der Waals surface area (Å²) in [4.78, 5) is 0.707. The summed E-state index contributed by atoms with van der Waals surface area (Å²) in [6, 6.07) is 8.02. The van der Waals surface area contributed by atoms with E-state index in [-0.39, 0.29) is 12.6 Å². The number of nitrogens with two attached hydrogens (primary N) is 1. The van der Waals surface area contributed by atoms with Crippen molar-refractivity contribution in [2.24, 2.45) is 0 Å². The van der Waals surface area contributed by atoms with Crippen molar-refractivity contribution in [2.45, 2.75) is 10.6 Å². The van der Waals surface area contributed by atoms with E-state index >= 15 is 0 Å². The molecule has 0 saturated heterocycles. The fraction of sp³-hybridized carbons (Fsp3) is 0.143. The van der Waals surface area contributed by atoms with Crippen LogP contribution in [0.4, 0.5) is 10.1 Å². The Morgan fingerprint density at radius 2 is 2.10 bits per heavy atom. The van der Waals surface area contributed by atoms with E-state index in [1.165, 1.54) is 23.9 Å². The molecule has 0 aliphatic carbocycles. The average Bonchev–Trinajstić information content (AvgIpc) is 2.89. The van der Waals surface area contributed by atoms with Crippen LogP contribution in [-0.2, 0) is 5.75 Å². The summed E-state index contributed by atoms with van der Waals surface area (Å²) in [5, 5.41) is 0.516. The molecule has 104 valence electrons. The SMILES string of the molecule is Nc1ccc(F)cc1SCc1cc(Cl)c2c(c1)OCO2. The van der Waals surface area contributed by atoms with Gasteiger partial charge in [-0.2, -0.15) is 0 Å². The zero-order chi connectivity index (χ0) is 14.1. The highest BCUT2D eigenvalue weighted by atomic mass is 35.5. The number of nitrogen functional groups attached to an aromatic ring is 1. The van der Waals surface area contributed by atoms with Gasteiger partial charge in [0.1, 0.15) is 5.82 Å². The number of benzene rings is 2. The molecule has 0 unspecified atom stereocenters. The lowest BCUT2D eigenvalue weighted by Crippen LogP contribution is -1.93. The number of anilines is 1. The molecule has 3 rings (SSSR count). The molecule has 20 heavy (non-hydrogen) atoms. The van der Waals surface area contributed by atoms with Crippen molar-refractivity contribution < 1.29 is 13.9 Å². The molecule has 0 spiro atoms. The van der Waals surface area contributed by atoms with Gasteiger partial charge in [-0.3, -0.25) is 0 Å². The van der Waals surface area contributed by atoms with Crippen molar-refractivity contribution in [2.75, 3.05) is 12.5 Å². The second-order valence-electron chi connectivity index (χ2n) is 4.28. The first-order chi connectivity index (χ1) is 9.63. The van der Waals surface area contributed by atoms with E-state index < -0.39 is 0 Å². The number of ether oxygens (including phenoxy) is 2. The van der Waals surface area contributed by atoms with Gasteiger partial charge in [0, 0.05) is 16.3 Å². The molecule has 0 amide bonds. The van der Waals surface area contributed by atoms with E-state index in [0.29, 0.717) is 32.9 Å². The van der Waals surface area contributed by atoms with Crippen LogP contribution < -0.4 is 15.2 Å². The molecule has 2 aromatic rings. The number of hydrogen-bond acceptors (Lipinski definition) is 4. The van der Waals surface area contributed by atoms with Crippen LogP contribution in [-0.4, -0.2) is 6.79 Å². The molecule has 1 aliphatic rings. The summed E-state index contributed by atoms with van der Waals surface area (Å²) in [6.07, 6.45) is 0. The first-order valence-corrected chi connectivity index (χ1v) is 7.25. The van der Waals surface area contributed by atoms with Crippen LogP contribution in [0.3, 0.4) is 0 Å². The fourth-order valence-electron chi connectivity index (χ4n) is 1.90. The van der Waals surface area contributed by atoms with Gasteiger partial charge in [0.25, 0.3) is 0 Å². The third kappa shape index (κ3) is 2.64. The molecular formula is C14H11ClFNO2S. The van der Waals surface area contributed by atoms with Gasteiger partial charge in [-0.25, -0.2) is 4.39 Å². The number of rotatable bonds is 3. The minimum absolute atomic E-state index is 0.183. The number of thioether (sulfide) groups is 1. The molecule has 2 N–H and O–H groups in total. The third-order valence-corrected chi connectivity index (χ3v) is 4.28. The van der Waals surface area contributed by atoms with Gasteiger partial charge in [0.15, 0.2) is 11.5 Å². The Balaban J connectivity index is 1.79. The highest BCUT2D eigenvalue weighted by Gasteiger charge is 2.18. The van der Waals surface area contributed by atoms with Gasteiger partial charge < -0.3 is 15.2 Å². The zero-order valence-electron chi connectivity index (χ0n) is 10.4. The minimum Gasteiger partial charge on any atom is -0.454 e. The monoisotopic (exact) mass is 311 g/mol. The molecule has 0 atom stereocenters. The largest absolute Gasteiger partial charge is 0.454 e. The maximum atomic E-state index is 13.2. The molecule has 6 heteroatoms. The highest BCUT2D eigenvalue weighted by molar-refractivity contribution is 7.98. The Bertz CT molecular complexity index is 666. The maximum Gasteiger partial charge on any atom is 0.231 e. The van der Waals surface area contributed by atoms with E-state index in [1.54, 1.807) is 6.07 Å². The van der Waals surface area contributed by atoms with Crippen molar-refractivity contribution >= 4 is 29.1 Å². The summed E-state index contributed by atoms with van der Waals surface area (Å²) in [7, 11) is 0. The predicted molar refractivity (Wildman–Crippen MR) is 77.9 cm³/mol. The van der Waals surface area contributed by atoms with Gasteiger partial charge in [-0.1, -0.05) is 11.6 Å². The average molecular weight is 312 g/mol. The van der Waals surface area contributed by atoms with Crippen LogP contribution in [0.25, 0.3) is 0 Å². The highest BCUT2D eigenvalue weighted by Crippen LogP contribution is 2.41. The van der Waals surface area contributed by atoms with Crippen molar-refractivity contribution in [3.8, 4) is 11.5 Å². The van der Waals surface area contributed by atoms with E-state index in [9.17, 15) is 4.39 Å². The molecule has 2 aromatic carbocycles. The molecule has 3 nitrogen and oxygen atoms in total. The summed E-state index contributed by atoms with van der Waals surface area (Å²) >= 11 is 7.56. The lowest BCUT2D eigenvalue weighted by atomic mass is 10.2. The van der Waals surface area contributed by atoms with Crippen LogP contribution in [0.1, 0.15) is 5.56 Å². The van der Waals surface area contributed by atoms with Crippen LogP contribution in [0, 0.1) is 5.82 Å².